The van der Waals surface area contributed by atoms with Gasteiger partial charge < -0.3 is 0 Å². The van der Waals surface area contributed by atoms with E-state index in [0.29, 0.717) is 6.04 Å². The quantitative estimate of drug-likeness (QED) is 0.0795. The Morgan fingerprint density at radius 1 is 0.361 bits per heavy atom. The van der Waals surface area contributed by atoms with Gasteiger partial charge in [-0.3, -0.25) is 0 Å². The second kappa shape index (κ2) is 27.2. The van der Waals surface area contributed by atoms with Crippen molar-refractivity contribution in [3.05, 3.63) is 30.6 Å². The smallest absolute Gasteiger partial charge is 0.169 e. The number of aromatic nitrogens is 1. The fourth-order valence-electron chi connectivity index (χ4n) is 5.72. The predicted octanol–water partition coefficient (Wildman–Crippen LogP) is 12.1. The first-order chi connectivity index (χ1) is 17.9. The van der Waals surface area contributed by atoms with E-state index < -0.39 is 0 Å². The molecule has 0 aliphatic rings. The molecule has 1 rings (SSSR count). The zero-order valence-electron chi connectivity index (χ0n) is 25.0. The van der Waals surface area contributed by atoms with Crippen molar-refractivity contribution in [3.63, 3.8) is 0 Å². The Balaban J connectivity index is 2.02. The van der Waals surface area contributed by atoms with Crippen molar-refractivity contribution in [2.24, 2.45) is 0 Å². The molecule has 0 bridgehead atoms. The SMILES string of the molecule is CCCCCCCCCCCCCCCCC(CCCCCCCCCCCCC)[n+]1ccccc1. The molecule has 0 aliphatic heterocycles. The van der Waals surface area contributed by atoms with Crippen LogP contribution in [0.3, 0.4) is 0 Å². The van der Waals surface area contributed by atoms with E-state index in [1.54, 1.807) is 0 Å². The Hall–Kier alpha value is -0.850. The Bertz CT molecular complexity index is 525. The molecule has 1 aromatic rings. The van der Waals surface area contributed by atoms with E-state index in [0.717, 1.165) is 0 Å². The normalized spacial score (nSPS) is 12.3. The van der Waals surface area contributed by atoms with Crippen LogP contribution in [0.2, 0.25) is 0 Å². The third-order valence-corrected chi connectivity index (χ3v) is 8.19. The summed E-state index contributed by atoms with van der Waals surface area (Å²) in [6.45, 7) is 4.61. The zero-order chi connectivity index (χ0) is 25.8. The molecule has 210 valence electrons. The number of rotatable bonds is 28. The summed E-state index contributed by atoms with van der Waals surface area (Å²) in [4.78, 5) is 0. The van der Waals surface area contributed by atoms with Gasteiger partial charge >= 0.3 is 0 Å². The summed E-state index contributed by atoms with van der Waals surface area (Å²) in [5.74, 6) is 0. The molecule has 1 nitrogen and oxygen atoms in total. The van der Waals surface area contributed by atoms with E-state index in [1.165, 1.54) is 173 Å². The maximum Gasteiger partial charge on any atom is 0.169 e. The summed E-state index contributed by atoms with van der Waals surface area (Å²) in [5, 5.41) is 0. The number of unbranched alkanes of at least 4 members (excludes halogenated alkanes) is 23. The summed E-state index contributed by atoms with van der Waals surface area (Å²) < 4.78 is 2.50. The topological polar surface area (TPSA) is 3.88 Å². The van der Waals surface area contributed by atoms with Gasteiger partial charge in [0.25, 0.3) is 0 Å². The Morgan fingerprint density at radius 3 is 0.944 bits per heavy atom. The van der Waals surface area contributed by atoms with Gasteiger partial charge in [0.15, 0.2) is 18.4 Å². The third-order valence-electron chi connectivity index (χ3n) is 8.19. The molecule has 1 aromatic heterocycles. The summed E-state index contributed by atoms with van der Waals surface area (Å²) in [6, 6.07) is 7.28. The van der Waals surface area contributed by atoms with Gasteiger partial charge in [0, 0.05) is 25.0 Å². The first-order valence-corrected chi connectivity index (χ1v) is 16.8. The highest BCUT2D eigenvalue weighted by molar-refractivity contribution is 4.84. The van der Waals surface area contributed by atoms with Gasteiger partial charge in [-0.05, 0) is 12.8 Å². The Morgan fingerprint density at radius 2 is 0.639 bits per heavy atom. The molecule has 1 heteroatoms. The first-order valence-electron chi connectivity index (χ1n) is 16.8. The minimum atomic E-state index is 0.710. The Kier molecular flexibility index (Phi) is 25.1. The highest BCUT2D eigenvalue weighted by atomic mass is 15.0. The molecule has 0 spiro atoms. The van der Waals surface area contributed by atoms with Crippen LogP contribution in [0, 0.1) is 0 Å². The first kappa shape index (κ1) is 33.2. The highest BCUT2D eigenvalue weighted by Gasteiger charge is 2.16. The van der Waals surface area contributed by atoms with Gasteiger partial charge in [0.2, 0.25) is 0 Å². The van der Waals surface area contributed by atoms with Crippen molar-refractivity contribution in [3.8, 4) is 0 Å². The van der Waals surface area contributed by atoms with Gasteiger partial charge in [0.1, 0.15) is 0 Å². The molecule has 0 aliphatic carbocycles. The third kappa shape index (κ3) is 21.3. The molecule has 1 atom stereocenters. The maximum atomic E-state index is 2.50. The van der Waals surface area contributed by atoms with E-state index in [4.69, 9.17) is 0 Å². The van der Waals surface area contributed by atoms with Crippen molar-refractivity contribution in [1.82, 2.24) is 0 Å². The molecule has 1 unspecified atom stereocenters. The second-order valence-electron chi connectivity index (χ2n) is 11.7. The molecule has 0 radical (unpaired) electrons. The van der Waals surface area contributed by atoms with Gasteiger partial charge in [0.05, 0.1) is 0 Å². The van der Waals surface area contributed by atoms with Gasteiger partial charge in [-0.2, -0.15) is 0 Å². The van der Waals surface area contributed by atoms with E-state index >= 15 is 0 Å². The molecular formula is C35H66N+. The fraction of sp³-hybridized carbons (Fsp3) is 0.857. The van der Waals surface area contributed by atoms with Crippen molar-refractivity contribution in [1.29, 1.82) is 0 Å². The number of hydrogen-bond acceptors (Lipinski definition) is 0. The van der Waals surface area contributed by atoms with Crippen LogP contribution in [0.4, 0.5) is 0 Å². The predicted molar refractivity (Wildman–Crippen MR) is 162 cm³/mol. The van der Waals surface area contributed by atoms with E-state index in [9.17, 15) is 0 Å². The van der Waals surface area contributed by atoms with E-state index in [-0.39, 0.29) is 0 Å². The van der Waals surface area contributed by atoms with Gasteiger partial charge in [-0.25, -0.2) is 4.57 Å². The van der Waals surface area contributed by atoms with Crippen LogP contribution in [0.25, 0.3) is 0 Å². The summed E-state index contributed by atoms with van der Waals surface area (Å²) in [6.07, 6.45) is 43.4. The average Bonchev–Trinajstić information content (AvgIpc) is 2.91. The van der Waals surface area contributed by atoms with Crippen molar-refractivity contribution >= 4 is 0 Å². The van der Waals surface area contributed by atoms with Crippen LogP contribution in [0.1, 0.15) is 193 Å². The number of hydrogen-bond donors (Lipinski definition) is 0. The van der Waals surface area contributed by atoms with Crippen LogP contribution < -0.4 is 4.57 Å². The summed E-state index contributed by atoms with van der Waals surface area (Å²) >= 11 is 0. The van der Waals surface area contributed by atoms with Crippen LogP contribution >= 0.6 is 0 Å². The van der Waals surface area contributed by atoms with Crippen LogP contribution in [-0.4, -0.2) is 0 Å². The highest BCUT2D eigenvalue weighted by Crippen LogP contribution is 2.20. The minimum Gasteiger partial charge on any atom is -0.202 e. The lowest BCUT2D eigenvalue weighted by Gasteiger charge is -2.13. The van der Waals surface area contributed by atoms with Crippen LogP contribution in [0.5, 0.6) is 0 Å². The van der Waals surface area contributed by atoms with Crippen molar-refractivity contribution < 1.29 is 4.57 Å². The summed E-state index contributed by atoms with van der Waals surface area (Å²) in [7, 11) is 0. The molecule has 0 saturated heterocycles. The number of nitrogens with zero attached hydrogens (tertiary/aromatic N) is 1. The van der Waals surface area contributed by atoms with Crippen molar-refractivity contribution in [2.45, 2.75) is 193 Å². The van der Waals surface area contributed by atoms with Crippen molar-refractivity contribution in [2.75, 3.05) is 0 Å². The molecule has 0 amide bonds. The lowest BCUT2D eigenvalue weighted by molar-refractivity contribution is -0.724. The number of pyridine rings is 1. The average molecular weight is 501 g/mol. The molecule has 0 saturated carbocycles. The molecule has 1 heterocycles. The Labute approximate surface area is 228 Å². The molecule has 0 fully saturated rings. The van der Waals surface area contributed by atoms with E-state index in [2.05, 4.69) is 49.0 Å². The van der Waals surface area contributed by atoms with Crippen LogP contribution in [-0.2, 0) is 0 Å². The molecular weight excluding hydrogens is 434 g/mol. The molecule has 0 aromatic carbocycles. The maximum absolute atomic E-state index is 2.50. The van der Waals surface area contributed by atoms with Gasteiger partial charge in [-0.1, -0.05) is 168 Å². The fourth-order valence-corrected chi connectivity index (χ4v) is 5.72. The standard InChI is InChI=1S/C35H66N/c1-3-5-7-9-11-13-15-16-17-19-21-23-25-28-32-35(36-33-29-26-30-34-36)31-27-24-22-20-18-14-12-10-8-6-4-2/h26,29-30,33-35H,3-25,27-28,31-32H2,1-2H3/q+1. The van der Waals surface area contributed by atoms with Gasteiger partial charge in [-0.15, -0.1) is 0 Å². The largest absolute Gasteiger partial charge is 0.202 e. The monoisotopic (exact) mass is 501 g/mol. The molecule has 36 heavy (non-hydrogen) atoms. The summed E-state index contributed by atoms with van der Waals surface area (Å²) in [5.41, 5.74) is 0. The minimum absolute atomic E-state index is 0.710. The van der Waals surface area contributed by atoms with E-state index in [1.807, 2.05) is 0 Å². The lowest BCUT2D eigenvalue weighted by atomic mass is 9.99. The molecule has 0 N–H and O–H groups in total. The van der Waals surface area contributed by atoms with Crippen LogP contribution in [0.15, 0.2) is 30.6 Å². The zero-order valence-corrected chi connectivity index (χ0v) is 25.0. The lowest BCUT2D eigenvalue weighted by Crippen LogP contribution is -2.38. The second-order valence-corrected chi connectivity index (χ2v) is 11.7.